The quantitative estimate of drug-likeness (QED) is 0.850. The largest absolute Gasteiger partial charge is 0.337 e. The number of carbonyl (C=O) groups excluding carboxylic acids is 1. The first-order valence-electron chi connectivity index (χ1n) is 6.95. The fraction of sp³-hybridized carbons (Fsp3) is 0.400. The van der Waals surface area contributed by atoms with Gasteiger partial charge in [0.15, 0.2) is 0 Å². The van der Waals surface area contributed by atoms with Gasteiger partial charge in [-0.15, -0.1) is 0 Å². The van der Waals surface area contributed by atoms with Crippen LogP contribution in [0.3, 0.4) is 0 Å². The summed E-state index contributed by atoms with van der Waals surface area (Å²) in [5.74, 6) is -0.546. The van der Waals surface area contributed by atoms with Gasteiger partial charge in [-0.1, -0.05) is 12.1 Å². The molecule has 2 rings (SSSR count). The van der Waals surface area contributed by atoms with Crippen LogP contribution in [0.5, 0.6) is 0 Å². The third-order valence-electron chi connectivity index (χ3n) is 3.50. The highest BCUT2D eigenvalue weighted by atomic mass is 32.2. The number of amides is 1. The van der Waals surface area contributed by atoms with Gasteiger partial charge >= 0.3 is 0 Å². The van der Waals surface area contributed by atoms with E-state index in [1.807, 2.05) is 0 Å². The van der Waals surface area contributed by atoms with Crippen molar-refractivity contribution in [3.05, 3.63) is 41.7 Å². The molecule has 1 aliphatic heterocycles. The lowest BCUT2D eigenvalue weighted by Gasteiger charge is -2.15. The third-order valence-corrected chi connectivity index (χ3v) is 4.26. The first-order chi connectivity index (χ1) is 10.2. The smallest absolute Gasteiger partial charge is 0.246 e. The number of nitrogens with one attached hydrogen (secondary N) is 1. The van der Waals surface area contributed by atoms with E-state index in [9.17, 15) is 17.6 Å². The van der Waals surface area contributed by atoms with Gasteiger partial charge in [-0.25, -0.2) is 17.5 Å². The molecule has 22 heavy (non-hydrogen) atoms. The van der Waals surface area contributed by atoms with Gasteiger partial charge in [0.25, 0.3) is 0 Å². The van der Waals surface area contributed by atoms with E-state index in [0.29, 0.717) is 30.6 Å². The molecule has 1 N–H and O–H groups in total. The van der Waals surface area contributed by atoms with E-state index in [4.69, 9.17) is 0 Å². The second-order valence-electron chi connectivity index (χ2n) is 5.50. The zero-order valence-corrected chi connectivity index (χ0v) is 13.4. The Kier molecular flexibility index (Phi) is 4.97. The number of likely N-dealkylation sites (tertiary alicyclic amines) is 1. The maximum absolute atomic E-state index is 13.2. The second-order valence-corrected chi connectivity index (χ2v) is 7.28. The maximum Gasteiger partial charge on any atom is 0.246 e. The predicted octanol–water partition coefficient (Wildman–Crippen LogP) is 1.38. The Labute approximate surface area is 129 Å². The summed E-state index contributed by atoms with van der Waals surface area (Å²) in [5.41, 5.74) is 1.32. The van der Waals surface area contributed by atoms with Crippen LogP contribution < -0.4 is 4.72 Å². The fourth-order valence-corrected chi connectivity index (χ4v) is 3.25. The van der Waals surface area contributed by atoms with E-state index in [-0.39, 0.29) is 17.8 Å². The molecule has 0 aromatic heterocycles. The van der Waals surface area contributed by atoms with Crippen LogP contribution >= 0.6 is 0 Å². The maximum atomic E-state index is 13.2. The Morgan fingerprint density at radius 3 is 2.82 bits per heavy atom. The summed E-state index contributed by atoms with van der Waals surface area (Å²) in [5, 5.41) is 0. The summed E-state index contributed by atoms with van der Waals surface area (Å²) in [4.78, 5) is 13.8. The Balaban J connectivity index is 2.02. The second kappa shape index (κ2) is 6.58. The van der Waals surface area contributed by atoms with Crippen molar-refractivity contribution >= 4 is 21.5 Å². The van der Waals surface area contributed by atoms with E-state index in [2.05, 4.69) is 4.72 Å². The van der Waals surface area contributed by atoms with Gasteiger partial charge in [-0.3, -0.25) is 4.79 Å². The van der Waals surface area contributed by atoms with Crippen LogP contribution in [0, 0.1) is 5.82 Å². The number of halogens is 1. The van der Waals surface area contributed by atoms with Crippen LogP contribution in [0.1, 0.15) is 18.9 Å². The summed E-state index contributed by atoms with van der Waals surface area (Å²) in [6.45, 7) is 2.59. The van der Waals surface area contributed by atoms with Gasteiger partial charge in [0.05, 0.1) is 6.26 Å². The first kappa shape index (κ1) is 16.6. The van der Waals surface area contributed by atoms with Crippen molar-refractivity contribution in [3.63, 3.8) is 0 Å². The van der Waals surface area contributed by atoms with E-state index >= 15 is 0 Å². The molecule has 0 aliphatic carbocycles. The standard InChI is InChI=1S/C15H19FN2O3S/c1-11(12-4-3-5-13(16)9-12)8-15(19)18-7-6-14(10-18)17-22(2,20)21/h3-5,8-9,14,17H,6-7,10H2,1-2H3/b11-8+/t14-/m1/s1. The Hall–Kier alpha value is -1.73. The fourth-order valence-electron chi connectivity index (χ4n) is 2.45. The summed E-state index contributed by atoms with van der Waals surface area (Å²) < 4.78 is 38.1. The lowest BCUT2D eigenvalue weighted by atomic mass is 10.1. The van der Waals surface area contributed by atoms with E-state index in [1.54, 1.807) is 24.0 Å². The zero-order valence-electron chi connectivity index (χ0n) is 12.5. The molecule has 0 unspecified atom stereocenters. The number of nitrogens with zero attached hydrogens (tertiary/aromatic N) is 1. The number of sulfonamides is 1. The number of allylic oxidation sites excluding steroid dienone is 1. The lowest BCUT2D eigenvalue weighted by Crippen LogP contribution is -2.37. The average Bonchev–Trinajstić information content (AvgIpc) is 2.85. The molecule has 1 atom stereocenters. The Morgan fingerprint density at radius 2 is 2.18 bits per heavy atom. The highest BCUT2D eigenvalue weighted by molar-refractivity contribution is 7.88. The Bertz CT molecular complexity index is 700. The van der Waals surface area contributed by atoms with Gasteiger partial charge in [0.2, 0.25) is 15.9 Å². The molecule has 5 nitrogen and oxygen atoms in total. The third kappa shape index (κ3) is 4.64. The van der Waals surface area contributed by atoms with E-state index in [1.165, 1.54) is 18.2 Å². The predicted molar refractivity (Wildman–Crippen MR) is 83.0 cm³/mol. The van der Waals surface area contributed by atoms with Crippen LogP contribution in [0.2, 0.25) is 0 Å². The van der Waals surface area contributed by atoms with Crippen LogP contribution in [-0.4, -0.2) is 44.6 Å². The summed E-state index contributed by atoms with van der Waals surface area (Å²) in [6.07, 6.45) is 3.15. The van der Waals surface area contributed by atoms with Crippen molar-refractivity contribution < 1.29 is 17.6 Å². The van der Waals surface area contributed by atoms with Gasteiger partial charge < -0.3 is 4.90 Å². The van der Waals surface area contributed by atoms with Crippen molar-refractivity contribution in [2.24, 2.45) is 0 Å². The molecule has 7 heteroatoms. The molecule has 1 saturated heterocycles. The molecule has 1 aromatic carbocycles. The van der Waals surface area contributed by atoms with E-state index < -0.39 is 10.0 Å². The van der Waals surface area contributed by atoms with Crippen LogP contribution in [0.25, 0.3) is 5.57 Å². The van der Waals surface area contributed by atoms with Gasteiger partial charge in [0.1, 0.15) is 5.82 Å². The van der Waals surface area contributed by atoms with Crippen molar-refractivity contribution in [2.75, 3.05) is 19.3 Å². The molecule has 0 saturated carbocycles. The molecule has 120 valence electrons. The molecule has 1 aliphatic rings. The molecule has 1 aromatic rings. The van der Waals surface area contributed by atoms with Crippen molar-refractivity contribution in [3.8, 4) is 0 Å². The van der Waals surface area contributed by atoms with E-state index in [0.717, 1.165) is 6.26 Å². The summed E-state index contributed by atoms with van der Waals surface area (Å²) >= 11 is 0. The minimum atomic E-state index is -3.27. The number of carbonyl (C=O) groups is 1. The monoisotopic (exact) mass is 326 g/mol. The van der Waals surface area contributed by atoms with Crippen LogP contribution in [0.4, 0.5) is 4.39 Å². The van der Waals surface area contributed by atoms with Gasteiger partial charge in [-0.2, -0.15) is 0 Å². The van der Waals surface area contributed by atoms with Crippen LogP contribution in [-0.2, 0) is 14.8 Å². The minimum Gasteiger partial charge on any atom is -0.337 e. The van der Waals surface area contributed by atoms with Gasteiger partial charge in [0, 0.05) is 25.2 Å². The number of hydrogen-bond acceptors (Lipinski definition) is 3. The molecule has 1 heterocycles. The molecular weight excluding hydrogens is 307 g/mol. The topological polar surface area (TPSA) is 66.5 Å². The molecule has 0 spiro atoms. The summed E-state index contributed by atoms with van der Waals surface area (Å²) in [6, 6.07) is 5.80. The normalized spacial score (nSPS) is 19.5. The first-order valence-corrected chi connectivity index (χ1v) is 8.84. The summed E-state index contributed by atoms with van der Waals surface area (Å²) in [7, 11) is -3.27. The lowest BCUT2D eigenvalue weighted by molar-refractivity contribution is -0.125. The minimum absolute atomic E-state index is 0.195. The van der Waals surface area contributed by atoms with Crippen molar-refractivity contribution in [1.29, 1.82) is 0 Å². The van der Waals surface area contributed by atoms with Crippen molar-refractivity contribution in [1.82, 2.24) is 9.62 Å². The number of hydrogen-bond donors (Lipinski definition) is 1. The molecular formula is C15H19FN2O3S. The number of rotatable bonds is 4. The SMILES string of the molecule is C/C(=C\C(=O)N1CC[C@@H](NS(C)(=O)=O)C1)c1cccc(F)c1. The average molecular weight is 326 g/mol. The zero-order chi connectivity index (χ0) is 16.3. The number of benzene rings is 1. The van der Waals surface area contributed by atoms with Gasteiger partial charge in [-0.05, 0) is 36.6 Å². The molecule has 1 amide bonds. The highest BCUT2D eigenvalue weighted by Crippen LogP contribution is 2.17. The highest BCUT2D eigenvalue weighted by Gasteiger charge is 2.27. The Morgan fingerprint density at radius 1 is 1.45 bits per heavy atom. The molecule has 0 radical (unpaired) electrons. The molecule has 1 fully saturated rings. The van der Waals surface area contributed by atoms with Crippen LogP contribution in [0.15, 0.2) is 30.3 Å². The van der Waals surface area contributed by atoms with Crippen molar-refractivity contribution in [2.45, 2.75) is 19.4 Å². The molecule has 0 bridgehead atoms.